The fourth-order valence-corrected chi connectivity index (χ4v) is 1.95. The fraction of sp³-hybridized carbons (Fsp3) is 0. The van der Waals surface area contributed by atoms with E-state index >= 15 is 0 Å². The molecule has 0 saturated carbocycles. The van der Waals surface area contributed by atoms with Crippen LogP contribution in [0.4, 0.5) is 11.4 Å². The summed E-state index contributed by atoms with van der Waals surface area (Å²) in [5.41, 5.74) is 1.61. The van der Waals surface area contributed by atoms with E-state index in [9.17, 15) is 10.1 Å². The molecule has 0 amide bonds. The maximum Gasteiger partial charge on any atom is 0.270 e. The molecule has 0 aliphatic carbocycles. The number of hydrogen-bond acceptors (Lipinski definition) is 3. The highest BCUT2D eigenvalue weighted by molar-refractivity contribution is 14.1. The number of nitro benzene ring substituents is 1. The van der Waals surface area contributed by atoms with Gasteiger partial charge in [-0.3, -0.25) is 15.1 Å². The maximum absolute atomic E-state index is 10.6. The second kappa shape index (κ2) is 5.72. The normalized spacial score (nSPS) is 10.7. The molecule has 4 nitrogen and oxygen atoms in total. The van der Waals surface area contributed by atoms with Crippen LogP contribution in [0.2, 0.25) is 0 Å². The Labute approximate surface area is 118 Å². The summed E-state index contributed by atoms with van der Waals surface area (Å²) >= 11 is 2.21. The van der Waals surface area contributed by atoms with Crippen LogP contribution in [0.1, 0.15) is 5.56 Å². The third kappa shape index (κ3) is 3.36. The lowest BCUT2D eigenvalue weighted by Crippen LogP contribution is -1.89. The van der Waals surface area contributed by atoms with Crippen molar-refractivity contribution in [2.24, 2.45) is 4.99 Å². The summed E-state index contributed by atoms with van der Waals surface area (Å²) in [5, 5.41) is 10.6. The van der Waals surface area contributed by atoms with E-state index < -0.39 is 4.92 Å². The van der Waals surface area contributed by atoms with Gasteiger partial charge in [-0.15, -0.1) is 0 Å². The quantitative estimate of drug-likeness (QED) is 0.364. The number of non-ortho nitro benzene ring substituents is 1. The van der Waals surface area contributed by atoms with Crippen molar-refractivity contribution >= 4 is 40.2 Å². The number of benzene rings is 2. The number of halogens is 1. The van der Waals surface area contributed by atoms with Gasteiger partial charge in [-0.1, -0.05) is 18.2 Å². The molecule has 0 bridgehead atoms. The lowest BCUT2D eigenvalue weighted by atomic mass is 10.2. The van der Waals surface area contributed by atoms with E-state index in [2.05, 4.69) is 27.6 Å². The average molecular weight is 352 g/mol. The molecule has 0 unspecified atom stereocenters. The van der Waals surface area contributed by atoms with Crippen molar-refractivity contribution in [3.63, 3.8) is 0 Å². The van der Waals surface area contributed by atoms with Crippen molar-refractivity contribution in [2.45, 2.75) is 0 Å². The fourth-order valence-electron chi connectivity index (χ4n) is 1.42. The van der Waals surface area contributed by atoms with Crippen molar-refractivity contribution in [1.29, 1.82) is 0 Å². The van der Waals surface area contributed by atoms with Gasteiger partial charge in [0.15, 0.2) is 0 Å². The number of nitro groups is 1. The smallest absolute Gasteiger partial charge is 0.258 e. The van der Waals surface area contributed by atoms with Crippen LogP contribution in [0.15, 0.2) is 53.5 Å². The van der Waals surface area contributed by atoms with Crippen LogP contribution in [-0.4, -0.2) is 11.1 Å². The van der Waals surface area contributed by atoms with E-state index in [-0.39, 0.29) is 5.69 Å². The Morgan fingerprint density at radius 3 is 2.67 bits per heavy atom. The zero-order chi connectivity index (χ0) is 13.0. The molecular weight excluding hydrogens is 343 g/mol. The average Bonchev–Trinajstić information content (AvgIpc) is 2.37. The monoisotopic (exact) mass is 352 g/mol. The molecule has 0 spiro atoms. The van der Waals surface area contributed by atoms with Gasteiger partial charge in [0.25, 0.3) is 5.69 Å². The maximum atomic E-state index is 10.6. The van der Waals surface area contributed by atoms with Gasteiger partial charge in [0, 0.05) is 21.9 Å². The van der Waals surface area contributed by atoms with Crippen LogP contribution in [-0.2, 0) is 0 Å². The molecule has 0 heterocycles. The van der Waals surface area contributed by atoms with Gasteiger partial charge in [-0.2, -0.15) is 0 Å². The summed E-state index contributed by atoms with van der Waals surface area (Å²) < 4.78 is 1.10. The summed E-state index contributed by atoms with van der Waals surface area (Å²) in [6, 6.07) is 14.1. The summed E-state index contributed by atoms with van der Waals surface area (Å²) in [4.78, 5) is 14.5. The summed E-state index contributed by atoms with van der Waals surface area (Å²) in [6.45, 7) is 0. The zero-order valence-corrected chi connectivity index (χ0v) is 11.4. The molecular formula is C13H9IN2O2. The first-order valence-corrected chi connectivity index (χ1v) is 6.27. The van der Waals surface area contributed by atoms with Crippen molar-refractivity contribution in [3.8, 4) is 0 Å². The largest absolute Gasteiger partial charge is 0.270 e. The molecule has 2 aromatic rings. The first-order chi connectivity index (χ1) is 8.65. The van der Waals surface area contributed by atoms with Gasteiger partial charge >= 0.3 is 0 Å². The van der Waals surface area contributed by atoms with Crippen molar-refractivity contribution in [1.82, 2.24) is 0 Å². The third-order valence-corrected chi connectivity index (χ3v) is 2.92. The van der Waals surface area contributed by atoms with Gasteiger partial charge in [0.05, 0.1) is 10.6 Å². The second-order valence-electron chi connectivity index (χ2n) is 3.59. The highest BCUT2D eigenvalue weighted by Gasteiger charge is 2.03. The van der Waals surface area contributed by atoms with E-state index in [1.165, 1.54) is 12.1 Å². The Bertz CT molecular complexity index is 611. The lowest BCUT2D eigenvalue weighted by Gasteiger charge is -1.96. The molecule has 0 N–H and O–H groups in total. The predicted octanol–water partition coefficient (Wildman–Crippen LogP) is 3.95. The van der Waals surface area contributed by atoms with E-state index in [0.29, 0.717) is 5.56 Å². The molecule has 0 radical (unpaired) electrons. The summed E-state index contributed by atoms with van der Waals surface area (Å²) in [5.74, 6) is 0. The summed E-state index contributed by atoms with van der Waals surface area (Å²) in [7, 11) is 0. The zero-order valence-electron chi connectivity index (χ0n) is 9.29. The Balaban J connectivity index is 2.23. The second-order valence-corrected chi connectivity index (χ2v) is 4.84. The van der Waals surface area contributed by atoms with Gasteiger partial charge in [-0.05, 0) is 46.4 Å². The van der Waals surface area contributed by atoms with Crippen LogP contribution in [0, 0.1) is 13.7 Å². The molecule has 5 heteroatoms. The minimum atomic E-state index is -0.414. The summed E-state index contributed by atoms with van der Waals surface area (Å²) in [6.07, 6.45) is 1.62. The third-order valence-electron chi connectivity index (χ3n) is 2.25. The lowest BCUT2D eigenvalue weighted by molar-refractivity contribution is -0.384. The van der Waals surface area contributed by atoms with Crippen LogP contribution in [0.5, 0.6) is 0 Å². The van der Waals surface area contributed by atoms with E-state index in [1.54, 1.807) is 18.3 Å². The SMILES string of the molecule is O=[N+]([O-])c1cccc(C=Nc2cccc(I)c2)c1. The first kappa shape index (κ1) is 12.7. The van der Waals surface area contributed by atoms with Crippen LogP contribution in [0.25, 0.3) is 0 Å². The van der Waals surface area contributed by atoms with Crippen molar-refractivity contribution in [2.75, 3.05) is 0 Å². The molecule has 0 aliphatic rings. The minimum Gasteiger partial charge on any atom is -0.258 e. The Hall–Kier alpha value is -1.76. The van der Waals surface area contributed by atoms with E-state index in [1.807, 2.05) is 24.3 Å². The standard InChI is InChI=1S/C13H9IN2O2/c14-11-4-2-5-12(8-11)15-9-10-3-1-6-13(7-10)16(17)18/h1-9H. The van der Waals surface area contributed by atoms with E-state index in [0.717, 1.165) is 9.26 Å². The minimum absolute atomic E-state index is 0.0709. The van der Waals surface area contributed by atoms with Gasteiger partial charge in [0.2, 0.25) is 0 Å². The van der Waals surface area contributed by atoms with Crippen LogP contribution < -0.4 is 0 Å². The van der Waals surface area contributed by atoms with Crippen LogP contribution in [0.3, 0.4) is 0 Å². The molecule has 0 aliphatic heterocycles. The van der Waals surface area contributed by atoms with Gasteiger partial charge in [0.1, 0.15) is 0 Å². The predicted molar refractivity (Wildman–Crippen MR) is 79.5 cm³/mol. The number of nitrogens with zero attached hydrogens (tertiary/aromatic N) is 2. The number of hydrogen-bond donors (Lipinski definition) is 0. The molecule has 0 atom stereocenters. The Morgan fingerprint density at radius 2 is 1.94 bits per heavy atom. The molecule has 90 valence electrons. The highest BCUT2D eigenvalue weighted by Crippen LogP contribution is 2.16. The first-order valence-electron chi connectivity index (χ1n) is 5.19. The molecule has 0 fully saturated rings. The molecule has 18 heavy (non-hydrogen) atoms. The van der Waals surface area contributed by atoms with Gasteiger partial charge < -0.3 is 0 Å². The van der Waals surface area contributed by atoms with Gasteiger partial charge in [-0.25, -0.2) is 0 Å². The van der Waals surface area contributed by atoms with Crippen molar-refractivity contribution < 1.29 is 4.92 Å². The highest BCUT2D eigenvalue weighted by atomic mass is 127. The number of aliphatic imine (C=N–C) groups is 1. The topological polar surface area (TPSA) is 55.5 Å². The Kier molecular flexibility index (Phi) is 4.03. The van der Waals surface area contributed by atoms with Crippen LogP contribution >= 0.6 is 22.6 Å². The Morgan fingerprint density at radius 1 is 1.17 bits per heavy atom. The molecule has 2 aromatic carbocycles. The molecule has 2 rings (SSSR count). The van der Waals surface area contributed by atoms with Crippen molar-refractivity contribution in [3.05, 3.63) is 67.8 Å². The molecule has 0 aromatic heterocycles. The molecule has 0 saturated heterocycles. The van der Waals surface area contributed by atoms with E-state index in [4.69, 9.17) is 0 Å². The number of rotatable bonds is 3.